The lowest BCUT2D eigenvalue weighted by molar-refractivity contribution is -0.154. The second-order valence-electron chi connectivity index (χ2n) is 8.89. The standard InChI is InChI=1S/C23H32N2O6/c1-7-24(8-2)20(27)31-23-16-11-9-10-12-17(16)25(21(28)30-22(3,4)5)18(23)13-15(26)14-19(23)29-6/h9-12,18-19H,7-8,13-14H2,1-6H3/t18-,19+,23+/m0/s1. The van der Waals surface area contributed by atoms with Gasteiger partial charge in [0.2, 0.25) is 0 Å². The van der Waals surface area contributed by atoms with E-state index in [1.807, 2.05) is 26.0 Å². The van der Waals surface area contributed by atoms with Crippen molar-refractivity contribution in [2.24, 2.45) is 0 Å². The van der Waals surface area contributed by atoms with E-state index in [1.54, 1.807) is 37.8 Å². The van der Waals surface area contributed by atoms with E-state index in [9.17, 15) is 14.4 Å². The average Bonchev–Trinajstić information content (AvgIpc) is 2.97. The Hall–Kier alpha value is -2.61. The lowest BCUT2D eigenvalue weighted by Gasteiger charge is -2.45. The molecule has 8 heteroatoms. The van der Waals surface area contributed by atoms with E-state index in [0.717, 1.165) is 0 Å². The first-order valence-electron chi connectivity index (χ1n) is 10.7. The van der Waals surface area contributed by atoms with Gasteiger partial charge in [0.15, 0.2) is 5.60 Å². The van der Waals surface area contributed by atoms with Crippen LogP contribution >= 0.6 is 0 Å². The SMILES string of the molecule is CCN(CC)C(=O)O[C@]12c3ccccc3N(C(=O)OC(C)(C)C)[C@H]1CC(=O)C[C@H]2OC. The van der Waals surface area contributed by atoms with Gasteiger partial charge in [0, 0.05) is 38.6 Å². The molecule has 0 radical (unpaired) electrons. The molecule has 1 aliphatic carbocycles. The highest BCUT2D eigenvalue weighted by Crippen LogP contribution is 2.53. The van der Waals surface area contributed by atoms with Crippen molar-refractivity contribution in [2.75, 3.05) is 25.1 Å². The van der Waals surface area contributed by atoms with Crippen LogP contribution in [0, 0.1) is 0 Å². The smallest absolute Gasteiger partial charge is 0.415 e. The van der Waals surface area contributed by atoms with Crippen molar-refractivity contribution in [2.45, 2.75) is 70.8 Å². The van der Waals surface area contributed by atoms with E-state index in [4.69, 9.17) is 14.2 Å². The van der Waals surface area contributed by atoms with E-state index >= 15 is 0 Å². The van der Waals surface area contributed by atoms with E-state index in [2.05, 4.69) is 0 Å². The summed E-state index contributed by atoms with van der Waals surface area (Å²) in [6.45, 7) is 10.0. The second-order valence-corrected chi connectivity index (χ2v) is 8.89. The van der Waals surface area contributed by atoms with Crippen LogP contribution in [0.5, 0.6) is 0 Å². The molecule has 0 aromatic heterocycles. The highest BCUT2D eigenvalue weighted by Gasteiger charge is 2.64. The van der Waals surface area contributed by atoms with Crippen LogP contribution in [0.3, 0.4) is 0 Å². The highest BCUT2D eigenvalue weighted by atomic mass is 16.6. The summed E-state index contributed by atoms with van der Waals surface area (Å²) >= 11 is 0. The number of ether oxygens (including phenoxy) is 3. The second kappa shape index (κ2) is 8.49. The molecule has 0 spiro atoms. The molecule has 0 unspecified atom stereocenters. The zero-order valence-corrected chi connectivity index (χ0v) is 19.1. The van der Waals surface area contributed by atoms with E-state index in [-0.39, 0.29) is 18.6 Å². The van der Waals surface area contributed by atoms with Crippen LogP contribution in [0.1, 0.15) is 53.0 Å². The largest absolute Gasteiger partial charge is 0.443 e. The maximum absolute atomic E-state index is 13.3. The maximum atomic E-state index is 13.3. The number of para-hydroxylation sites is 1. The quantitative estimate of drug-likeness (QED) is 0.718. The number of amides is 2. The number of fused-ring (bicyclic) bond motifs is 3. The number of hydrogen-bond acceptors (Lipinski definition) is 6. The Balaban J connectivity index is 2.17. The van der Waals surface area contributed by atoms with Crippen LogP contribution in [0.2, 0.25) is 0 Å². The van der Waals surface area contributed by atoms with Crippen molar-refractivity contribution < 1.29 is 28.6 Å². The summed E-state index contributed by atoms with van der Waals surface area (Å²) in [6.07, 6.45) is -1.69. The average molecular weight is 433 g/mol. The molecule has 0 bridgehead atoms. The van der Waals surface area contributed by atoms with Gasteiger partial charge >= 0.3 is 12.2 Å². The Morgan fingerprint density at radius 2 is 1.81 bits per heavy atom. The first-order chi connectivity index (χ1) is 14.6. The van der Waals surface area contributed by atoms with E-state index in [0.29, 0.717) is 24.3 Å². The van der Waals surface area contributed by atoms with Gasteiger partial charge in [-0.05, 0) is 40.7 Å². The molecule has 1 saturated carbocycles. The van der Waals surface area contributed by atoms with Gasteiger partial charge in [-0.15, -0.1) is 0 Å². The predicted octanol–water partition coefficient (Wildman–Crippen LogP) is 3.86. The van der Waals surface area contributed by atoms with Crippen molar-refractivity contribution in [3.05, 3.63) is 29.8 Å². The normalized spacial score (nSPS) is 25.0. The number of Topliss-reactive ketones (excluding diaryl/α,β-unsaturated/α-hetero) is 1. The minimum atomic E-state index is -1.31. The van der Waals surface area contributed by atoms with Gasteiger partial charge in [0.25, 0.3) is 0 Å². The summed E-state index contributed by atoms with van der Waals surface area (Å²) in [5, 5.41) is 0. The summed E-state index contributed by atoms with van der Waals surface area (Å²) in [4.78, 5) is 42.0. The number of methoxy groups -OCH3 is 1. The lowest BCUT2D eigenvalue weighted by atomic mass is 9.75. The number of ketones is 1. The fraction of sp³-hybridized carbons (Fsp3) is 0.609. The van der Waals surface area contributed by atoms with Gasteiger partial charge in [-0.25, -0.2) is 9.59 Å². The molecule has 1 aromatic rings. The molecule has 2 amide bonds. The Bertz CT molecular complexity index is 860. The molecule has 1 aliphatic heterocycles. The third kappa shape index (κ3) is 4.01. The molecule has 0 saturated heterocycles. The van der Waals surface area contributed by atoms with Crippen molar-refractivity contribution >= 4 is 23.7 Å². The van der Waals surface area contributed by atoms with Crippen LogP contribution in [0.4, 0.5) is 15.3 Å². The lowest BCUT2D eigenvalue weighted by Crippen LogP contribution is -2.61. The molecule has 1 fully saturated rings. The summed E-state index contributed by atoms with van der Waals surface area (Å²) < 4.78 is 17.6. The first kappa shape index (κ1) is 23.1. The number of anilines is 1. The van der Waals surface area contributed by atoms with E-state index in [1.165, 1.54) is 12.0 Å². The monoisotopic (exact) mass is 432 g/mol. The van der Waals surface area contributed by atoms with Crippen LogP contribution < -0.4 is 4.90 Å². The molecule has 170 valence electrons. The molecule has 2 aliphatic rings. The minimum absolute atomic E-state index is 0.0410. The number of hydrogen-bond donors (Lipinski definition) is 0. The van der Waals surface area contributed by atoms with Crippen LogP contribution in [-0.4, -0.2) is 60.8 Å². The molecule has 1 heterocycles. The van der Waals surface area contributed by atoms with Gasteiger partial charge in [0.1, 0.15) is 17.5 Å². The number of benzene rings is 1. The van der Waals surface area contributed by atoms with Gasteiger partial charge in [0.05, 0.1) is 11.7 Å². The zero-order valence-electron chi connectivity index (χ0n) is 19.1. The van der Waals surface area contributed by atoms with Crippen molar-refractivity contribution in [1.82, 2.24) is 4.90 Å². The van der Waals surface area contributed by atoms with Gasteiger partial charge < -0.3 is 19.1 Å². The molecule has 3 rings (SSSR count). The third-order valence-electron chi connectivity index (χ3n) is 5.86. The van der Waals surface area contributed by atoms with Gasteiger partial charge in [-0.2, -0.15) is 0 Å². The predicted molar refractivity (Wildman–Crippen MR) is 115 cm³/mol. The summed E-state index contributed by atoms with van der Waals surface area (Å²) in [5.41, 5.74) is -0.832. The minimum Gasteiger partial charge on any atom is -0.443 e. The first-order valence-corrected chi connectivity index (χ1v) is 10.7. The number of rotatable bonds is 4. The molecular weight excluding hydrogens is 400 g/mol. The fourth-order valence-corrected chi connectivity index (χ4v) is 4.52. The number of nitrogens with zero attached hydrogens (tertiary/aromatic N) is 2. The summed E-state index contributed by atoms with van der Waals surface area (Å²) in [5.74, 6) is -0.0623. The third-order valence-corrected chi connectivity index (χ3v) is 5.86. The van der Waals surface area contributed by atoms with Crippen LogP contribution in [-0.2, 0) is 24.6 Å². The van der Waals surface area contributed by atoms with Crippen molar-refractivity contribution in [3.63, 3.8) is 0 Å². The van der Waals surface area contributed by atoms with Gasteiger partial charge in [-0.3, -0.25) is 9.69 Å². The number of carbonyl (C=O) groups is 3. The summed E-state index contributed by atoms with van der Waals surface area (Å²) in [7, 11) is 1.49. The Morgan fingerprint density at radius 1 is 1.16 bits per heavy atom. The molecule has 0 N–H and O–H groups in total. The molecule has 3 atom stereocenters. The van der Waals surface area contributed by atoms with Crippen LogP contribution in [0.25, 0.3) is 0 Å². The molecule has 31 heavy (non-hydrogen) atoms. The maximum Gasteiger partial charge on any atom is 0.415 e. The van der Waals surface area contributed by atoms with Gasteiger partial charge in [-0.1, -0.05) is 18.2 Å². The molecule has 1 aromatic carbocycles. The van der Waals surface area contributed by atoms with Crippen molar-refractivity contribution in [1.29, 1.82) is 0 Å². The molecular formula is C23H32N2O6. The Labute approximate surface area is 183 Å². The topological polar surface area (TPSA) is 85.4 Å². The summed E-state index contributed by atoms with van der Waals surface area (Å²) in [6, 6.07) is 6.47. The Morgan fingerprint density at radius 3 is 2.39 bits per heavy atom. The zero-order chi connectivity index (χ0) is 23.0. The van der Waals surface area contributed by atoms with Crippen LogP contribution in [0.15, 0.2) is 24.3 Å². The molecule has 8 nitrogen and oxygen atoms in total. The Kier molecular flexibility index (Phi) is 6.32. The fourth-order valence-electron chi connectivity index (χ4n) is 4.52. The van der Waals surface area contributed by atoms with E-state index < -0.39 is 35.5 Å². The highest BCUT2D eigenvalue weighted by molar-refractivity contribution is 5.96. The number of carbonyl (C=O) groups excluding carboxylic acids is 3. The van der Waals surface area contributed by atoms with Crippen molar-refractivity contribution in [3.8, 4) is 0 Å².